The molecule has 24 heavy (non-hydrogen) atoms. The topological polar surface area (TPSA) is 38.3 Å². The van der Waals surface area contributed by atoms with Crippen LogP contribution in [0.15, 0.2) is 66.7 Å². The summed E-state index contributed by atoms with van der Waals surface area (Å²) in [5.74, 6) is 0.509. The first-order chi connectivity index (χ1) is 11.6. The number of rotatable bonds is 5. The van der Waals surface area contributed by atoms with Gasteiger partial charge >= 0.3 is 0 Å². The molecule has 0 unspecified atom stereocenters. The van der Waals surface area contributed by atoms with E-state index in [2.05, 4.69) is 5.32 Å². The molecule has 1 N–H and O–H groups in total. The fraction of sp³-hybridized carbons (Fsp3) is 0.150. The van der Waals surface area contributed by atoms with E-state index in [0.717, 1.165) is 16.3 Å². The largest absolute Gasteiger partial charge is 0.484 e. The second-order valence-corrected chi connectivity index (χ2v) is 6.08. The molecule has 0 fully saturated rings. The smallest absolute Gasteiger partial charge is 0.258 e. The van der Waals surface area contributed by atoms with Crippen molar-refractivity contribution in [3.8, 4) is 5.75 Å². The number of hydrogen-bond acceptors (Lipinski definition) is 2. The highest BCUT2D eigenvalue weighted by molar-refractivity contribution is 6.30. The Morgan fingerprint density at radius 2 is 1.83 bits per heavy atom. The average Bonchev–Trinajstić information content (AvgIpc) is 2.59. The zero-order chi connectivity index (χ0) is 16.9. The Labute approximate surface area is 146 Å². The summed E-state index contributed by atoms with van der Waals surface area (Å²) in [6, 6.07) is 21.1. The van der Waals surface area contributed by atoms with Crippen molar-refractivity contribution in [2.75, 3.05) is 6.61 Å². The van der Waals surface area contributed by atoms with Crippen molar-refractivity contribution in [1.29, 1.82) is 0 Å². The first kappa shape index (κ1) is 16.3. The minimum Gasteiger partial charge on any atom is -0.484 e. The van der Waals surface area contributed by atoms with Gasteiger partial charge in [-0.1, -0.05) is 54.1 Å². The zero-order valence-electron chi connectivity index (χ0n) is 13.3. The van der Waals surface area contributed by atoms with E-state index in [4.69, 9.17) is 16.3 Å². The molecule has 0 aromatic heterocycles. The number of ether oxygens (including phenoxy) is 1. The zero-order valence-corrected chi connectivity index (χ0v) is 14.1. The Balaban J connectivity index is 1.58. The third kappa shape index (κ3) is 4.06. The van der Waals surface area contributed by atoms with Crippen LogP contribution in [0.1, 0.15) is 18.5 Å². The molecule has 122 valence electrons. The minimum absolute atomic E-state index is 0.0246. The van der Waals surface area contributed by atoms with E-state index < -0.39 is 0 Å². The van der Waals surface area contributed by atoms with Gasteiger partial charge in [0.25, 0.3) is 5.91 Å². The van der Waals surface area contributed by atoms with Gasteiger partial charge in [0.2, 0.25) is 0 Å². The first-order valence-corrected chi connectivity index (χ1v) is 8.16. The molecule has 3 aromatic carbocycles. The van der Waals surface area contributed by atoms with Crippen molar-refractivity contribution in [2.24, 2.45) is 0 Å². The number of benzene rings is 3. The van der Waals surface area contributed by atoms with E-state index >= 15 is 0 Å². The van der Waals surface area contributed by atoms with E-state index in [1.807, 2.05) is 73.7 Å². The summed E-state index contributed by atoms with van der Waals surface area (Å²) < 4.78 is 5.60. The number of carbonyl (C=O) groups is 1. The third-order valence-electron chi connectivity index (χ3n) is 3.82. The van der Waals surface area contributed by atoms with Gasteiger partial charge in [-0.25, -0.2) is 0 Å². The predicted molar refractivity (Wildman–Crippen MR) is 97.5 cm³/mol. The molecule has 0 aliphatic rings. The first-order valence-electron chi connectivity index (χ1n) is 7.78. The molecular formula is C20H18ClNO2. The molecule has 0 spiro atoms. The van der Waals surface area contributed by atoms with E-state index in [1.54, 1.807) is 0 Å². The van der Waals surface area contributed by atoms with Crippen molar-refractivity contribution >= 4 is 28.3 Å². The van der Waals surface area contributed by atoms with Gasteiger partial charge in [0.15, 0.2) is 6.61 Å². The number of halogens is 1. The SMILES string of the molecule is C[C@@H](NC(=O)COc1ccc2ccccc2c1)c1cccc(Cl)c1. The van der Waals surface area contributed by atoms with E-state index in [9.17, 15) is 4.79 Å². The molecule has 4 heteroatoms. The summed E-state index contributed by atoms with van der Waals surface area (Å²) in [6.45, 7) is 1.89. The predicted octanol–water partition coefficient (Wildman–Crippen LogP) is 4.75. The number of carbonyl (C=O) groups excluding carboxylic acids is 1. The van der Waals surface area contributed by atoms with Gasteiger partial charge in [-0.3, -0.25) is 4.79 Å². The van der Waals surface area contributed by atoms with E-state index in [0.29, 0.717) is 10.8 Å². The van der Waals surface area contributed by atoms with Gasteiger partial charge in [-0.2, -0.15) is 0 Å². The Morgan fingerprint density at radius 3 is 2.62 bits per heavy atom. The molecule has 0 bridgehead atoms. The van der Waals surface area contributed by atoms with Gasteiger partial charge in [-0.05, 0) is 47.5 Å². The molecule has 0 aliphatic heterocycles. The molecule has 1 atom stereocenters. The molecule has 3 rings (SSSR count). The summed E-state index contributed by atoms with van der Waals surface area (Å²) in [5, 5.41) is 5.79. The Morgan fingerprint density at radius 1 is 1.04 bits per heavy atom. The Kier molecular flexibility index (Phi) is 5.02. The summed E-state index contributed by atoms with van der Waals surface area (Å²) >= 11 is 5.98. The van der Waals surface area contributed by atoms with Crippen LogP contribution in [0.25, 0.3) is 10.8 Å². The molecule has 0 aliphatic carbocycles. The van der Waals surface area contributed by atoms with Crippen molar-refractivity contribution in [3.63, 3.8) is 0 Å². The molecule has 0 saturated heterocycles. The van der Waals surface area contributed by atoms with Gasteiger partial charge in [0.1, 0.15) is 5.75 Å². The highest BCUT2D eigenvalue weighted by Gasteiger charge is 2.10. The van der Waals surface area contributed by atoms with Crippen LogP contribution in [-0.2, 0) is 4.79 Å². The van der Waals surface area contributed by atoms with Gasteiger partial charge in [-0.15, -0.1) is 0 Å². The lowest BCUT2D eigenvalue weighted by Gasteiger charge is -2.15. The maximum Gasteiger partial charge on any atom is 0.258 e. The van der Waals surface area contributed by atoms with Crippen LogP contribution in [0.3, 0.4) is 0 Å². The quantitative estimate of drug-likeness (QED) is 0.728. The fourth-order valence-corrected chi connectivity index (χ4v) is 2.75. The van der Waals surface area contributed by atoms with Gasteiger partial charge < -0.3 is 10.1 Å². The van der Waals surface area contributed by atoms with Crippen LogP contribution in [0.5, 0.6) is 5.75 Å². The summed E-state index contributed by atoms with van der Waals surface area (Å²) in [6.07, 6.45) is 0. The Bertz CT molecular complexity index is 863. The highest BCUT2D eigenvalue weighted by atomic mass is 35.5. The Hall–Kier alpha value is -2.52. The molecular weight excluding hydrogens is 322 g/mol. The summed E-state index contributed by atoms with van der Waals surface area (Å²) in [5.41, 5.74) is 0.960. The lowest BCUT2D eigenvalue weighted by molar-refractivity contribution is -0.123. The van der Waals surface area contributed by atoms with Crippen molar-refractivity contribution in [2.45, 2.75) is 13.0 Å². The molecule has 0 radical (unpaired) electrons. The maximum atomic E-state index is 12.1. The van der Waals surface area contributed by atoms with Crippen molar-refractivity contribution in [1.82, 2.24) is 5.32 Å². The molecule has 0 heterocycles. The summed E-state index contributed by atoms with van der Waals surface area (Å²) in [7, 11) is 0. The van der Waals surface area contributed by atoms with E-state index in [-0.39, 0.29) is 18.6 Å². The van der Waals surface area contributed by atoms with E-state index in [1.165, 1.54) is 0 Å². The molecule has 3 nitrogen and oxygen atoms in total. The lowest BCUT2D eigenvalue weighted by atomic mass is 10.1. The van der Waals surface area contributed by atoms with Crippen LogP contribution in [0, 0.1) is 0 Å². The number of fused-ring (bicyclic) bond motifs is 1. The van der Waals surface area contributed by atoms with Crippen molar-refractivity contribution < 1.29 is 9.53 Å². The number of hydrogen-bond donors (Lipinski definition) is 1. The van der Waals surface area contributed by atoms with Crippen LogP contribution in [0.4, 0.5) is 0 Å². The van der Waals surface area contributed by atoms with Crippen LogP contribution >= 0.6 is 11.6 Å². The van der Waals surface area contributed by atoms with Crippen LogP contribution in [-0.4, -0.2) is 12.5 Å². The highest BCUT2D eigenvalue weighted by Crippen LogP contribution is 2.21. The monoisotopic (exact) mass is 339 g/mol. The average molecular weight is 340 g/mol. The van der Waals surface area contributed by atoms with Crippen molar-refractivity contribution in [3.05, 3.63) is 77.3 Å². The number of amides is 1. The molecule has 1 amide bonds. The second-order valence-electron chi connectivity index (χ2n) is 5.64. The fourth-order valence-electron chi connectivity index (χ4n) is 2.55. The normalized spacial score (nSPS) is 11.9. The number of nitrogens with one attached hydrogen (secondary N) is 1. The van der Waals surface area contributed by atoms with Gasteiger partial charge in [0.05, 0.1) is 6.04 Å². The van der Waals surface area contributed by atoms with Gasteiger partial charge in [0, 0.05) is 5.02 Å². The lowest BCUT2D eigenvalue weighted by Crippen LogP contribution is -2.31. The molecule has 3 aromatic rings. The summed E-state index contributed by atoms with van der Waals surface area (Å²) in [4.78, 5) is 12.1. The molecule has 0 saturated carbocycles. The van der Waals surface area contributed by atoms with Crippen LogP contribution < -0.4 is 10.1 Å². The minimum atomic E-state index is -0.171. The maximum absolute atomic E-state index is 12.1. The van der Waals surface area contributed by atoms with Crippen LogP contribution in [0.2, 0.25) is 5.02 Å². The standard InChI is InChI=1S/C20H18ClNO2/c1-14(16-7-4-8-18(21)11-16)22-20(23)13-24-19-10-9-15-5-2-3-6-17(15)12-19/h2-12,14H,13H2,1H3,(H,22,23)/t14-/m1/s1. The second kappa shape index (κ2) is 7.37. The third-order valence-corrected chi connectivity index (χ3v) is 4.05.